The standard InChI is InChI=1S/C18H18N2O3S/c1-3-4-13-5-7-14(8-6-13)16(21)11-24-18-20-19-17(23-18)15-9-10-22-12(15)2/h5-10H,3-4,11H2,1-2H3. The lowest BCUT2D eigenvalue weighted by Crippen LogP contribution is -2.02. The summed E-state index contributed by atoms with van der Waals surface area (Å²) in [5.74, 6) is 1.43. The van der Waals surface area contributed by atoms with Crippen LogP contribution in [0.2, 0.25) is 0 Å². The van der Waals surface area contributed by atoms with Crippen LogP contribution in [0.3, 0.4) is 0 Å². The fraction of sp³-hybridized carbons (Fsp3) is 0.278. The second kappa shape index (κ2) is 7.49. The monoisotopic (exact) mass is 342 g/mol. The third-order valence-corrected chi connectivity index (χ3v) is 4.46. The summed E-state index contributed by atoms with van der Waals surface area (Å²) < 4.78 is 10.8. The summed E-state index contributed by atoms with van der Waals surface area (Å²) in [6.07, 6.45) is 3.70. The van der Waals surface area contributed by atoms with E-state index in [0.717, 1.165) is 24.2 Å². The number of benzene rings is 1. The maximum absolute atomic E-state index is 12.3. The minimum Gasteiger partial charge on any atom is -0.469 e. The smallest absolute Gasteiger partial charge is 0.277 e. The van der Waals surface area contributed by atoms with Crippen LogP contribution in [0, 0.1) is 6.92 Å². The number of hydrogen-bond acceptors (Lipinski definition) is 6. The van der Waals surface area contributed by atoms with Crippen molar-refractivity contribution in [1.29, 1.82) is 0 Å². The van der Waals surface area contributed by atoms with E-state index in [9.17, 15) is 4.79 Å². The summed E-state index contributed by atoms with van der Waals surface area (Å²) in [5, 5.41) is 8.34. The van der Waals surface area contributed by atoms with Crippen LogP contribution in [0.5, 0.6) is 0 Å². The molecule has 124 valence electrons. The highest BCUT2D eigenvalue weighted by atomic mass is 32.2. The van der Waals surface area contributed by atoms with Gasteiger partial charge in [0, 0.05) is 5.56 Å². The fourth-order valence-corrected chi connectivity index (χ4v) is 3.00. The molecule has 2 heterocycles. The second-order valence-corrected chi connectivity index (χ2v) is 6.35. The summed E-state index contributed by atoms with van der Waals surface area (Å²) in [4.78, 5) is 12.3. The van der Waals surface area contributed by atoms with Crippen molar-refractivity contribution in [3.05, 3.63) is 53.5 Å². The highest BCUT2D eigenvalue weighted by Crippen LogP contribution is 2.26. The number of rotatable bonds is 7. The molecule has 0 aliphatic carbocycles. The van der Waals surface area contributed by atoms with Gasteiger partial charge in [-0.1, -0.05) is 49.4 Å². The van der Waals surface area contributed by atoms with Crippen LogP contribution in [0.4, 0.5) is 0 Å². The minimum atomic E-state index is 0.0438. The van der Waals surface area contributed by atoms with Crippen LogP contribution in [0.25, 0.3) is 11.5 Å². The molecule has 0 aliphatic rings. The van der Waals surface area contributed by atoms with Crippen molar-refractivity contribution in [3.63, 3.8) is 0 Å². The number of carbonyl (C=O) groups excluding carboxylic acids is 1. The molecule has 0 atom stereocenters. The Kier molecular flexibility index (Phi) is 5.15. The molecule has 5 nitrogen and oxygen atoms in total. The van der Waals surface area contributed by atoms with Crippen LogP contribution in [-0.2, 0) is 6.42 Å². The van der Waals surface area contributed by atoms with E-state index in [2.05, 4.69) is 17.1 Å². The van der Waals surface area contributed by atoms with Crippen molar-refractivity contribution < 1.29 is 13.6 Å². The van der Waals surface area contributed by atoms with Gasteiger partial charge in [-0.15, -0.1) is 10.2 Å². The summed E-state index contributed by atoms with van der Waals surface area (Å²) in [6.45, 7) is 3.97. The van der Waals surface area contributed by atoms with E-state index < -0.39 is 0 Å². The first kappa shape index (κ1) is 16.5. The average Bonchev–Trinajstić information content (AvgIpc) is 3.22. The van der Waals surface area contributed by atoms with Gasteiger partial charge in [-0.25, -0.2) is 0 Å². The quantitative estimate of drug-likeness (QED) is 0.463. The third kappa shape index (κ3) is 3.76. The molecule has 0 amide bonds. The Bertz CT molecular complexity index is 821. The van der Waals surface area contributed by atoms with Crippen molar-refractivity contribution in [2.45, 2.75) is 31.9 Å². The number of thioether (sulfide) groups is 1. The van der Waals surface area contributed by atoms with E-state index in [0.29, 0.717) is 16.7 Å². The Hall–Kier alpha value is -2.34. The normalized spacial score (nSPS) is 10.9. The third-order valence-electron chi connectivity index (χ3n) is 3.64. The first-order valence-electron chi connectivity index (χ1n) is 7.80. The Morgan fingerprint density at radius 2 is 1.96 bits per heavy atom. The lowest BCUT2D eigenvalue weighted by Gasteiger charge is -2.02. The van der Waals surface area contributed by atoms with E-state index in [1.165, 1.54) is 17.3 Å². The Labute approximate surface area is 144 Å². The molecule has 0 radical (unpaired) electrons. The molecule has 1 aromatic carbocycles. The molecule has 0 saturated carbocycles. The van der Waals surface area contributed by atoms with Gasteiger partial charge in [0.25, 0.3) is 11.1 Å². The first-order chi connectivity index (χ1) is 11.7. The zero-order valence-corrected chi connectivity index (χ0v) is 14.4. The summed E-state index contributed by atoms with van der Waals surface area (Å²) in [7, 11) is 0. The second-order valence-electron chi connectivity index (χ2n) is 5.42. The summed E-state index contributed by atoms with van der Waals surface area (Å²) >= 11 is 1.24. The summed E-state index contributed by atoms with van der Waals surface area (Å²) in [5.41, 5.74) is 2.72. The van der Waals surface area contributed by atoms with Gasteiger partial charge in [-0.2, -0.15) is 0 Å². The van der Waals surface area contributed by atoms with Crippen molar-refractivity contribution in [2.75, 3.05) is 5.75 Å². The zero-order valence-electron chi connectivity index (χ0n) is 13.6. The highest BCUT2D eigenvalue weighted by molar-refractivity contribution is 7.99. The molecule has 2 aromatic heterocycles. The molecular formula is C18H18N2O3S. The van der Waals surface area contributed by atoms with Crippen LogP contribution < -0.4 is 0 Å². The van der Waals surface area contributed by atoms with E-state index in [1.54, 1.807) is 12.3 Å². The Morgan fingerprint density at radius 1 is 1.17 bits per heavy atom. The molecule has 0 unspecified atom stereocenters. The molecule has 0 aliphatic heterocycles. The van der Waals surface area contributed by atoms with E-state index >= 15 is 0 Å². The van der Waals surface area contributed by atoms with Crippen LogP contribution in [0.15, 0.2) is 50.7 Å². The largest absolute Gasteiger partial charge is 0.469 e. The molecule has 3 rings (SSSR count). The predicted molar refractivity (Wildman–Crippen MR) is 92.2 cm³/mol. The van der Waals surface area contributed by atoms with Gasteiger partial charge in [0.1, 0.15) is 5.76 Å². The van der Waals surface area contributed by atoms with Crippen molar-refractivity contribution in [2.24, 2.45) is 0 Å². The molecule has 0 N–H and O–H groups in total. The van der Waals surface area contributed by atoms with Gasteiger partial charge >= 0.3 is 0 Å². The number of nitrogens with zero attached hydrogens (tertiary/aromatic N) is 2. The van der Waals surface area contributed by atoms with Gasteiger partial charge < -0.3 is 8.83 Å². The van der Waals surface area contributed by atoms with Crippen LogP contribution in [-0.4, -0.2) is 21.7 Å². The molecule has 0 bridgehead atoms. The number of aryl methyl sites for hydroxylation is 2. The van der Waals surface area contributed by atoms with Crippen LogP contribution in [0.1, 0.15) is 35.0 Å². The molecule has 0 spiro atoms. The first-order valence-corrected chi connectivity index (χ1v) is 8.79. The average molecular weight is 342 g/mol. The van der Waals surface area contributed by atoms with Gasteiger partial charge in [0.05, 0.1) is 17.6 Å². The minimum absolute atomic E-state index is 0.0438. The maximum Gasteiger partial charge on any atom is 0.277 e. The molecule has 24 heavy (non-hydrogen) atoms. The van der Waals surface area contributed by atoms with Gasteiger partial charge in [0.2, 0.25) is 0 Å². The van der Waals surface area contributed by atoms with Crippen molar-refractivity contribution in [1.82, 2.24) is 10.2 Å². The van der Waals surface area contributed by atoms with Crippen molar-refractivity contribution in [3.8, 4) is 11.5 Å². The lowest BCUT2D eigenvalue weighted by atomic mass is 10.1. The van der Waals surface area contributed by atoms with Crippen molar-refractivity contribution >= 4 is 17.5 Å². The van der Waals surface area contributed by atoms with Gasteiger partial charge in [-0.05, 0) is 25.0 Å². The SMILES string of the molecule is CCCc1ccc(C(=O)CSc2nnc(-c3ccoc3C)o2)cc1. The number of hydrogen-bond donors (Lipinski definition) is 0. The number of carbonyl (C=O) groups is 1. The summed E-state index contributed by atoms with van der Waals surface area (Å²) in [6, 6.07) is 9.55. The Balaban J connectivity index is 1.60. The topological polar surface area (TPSA) is 69.1 Å². The molecule has 3 aromatic rings. The number of furan rings is 1. The fourth-order valence-electron chi connectivity index (χ4n) is 2.34. The predicted octanol–water partition coefficient (Wildman–Crippen LogP) is 4.57. The number of ketones is 1. The maximum atomic E-state index is 12.3. The van der Waals surface area contributed by atoms with E-state index in [-0.39, 0.29) is 11.5 Å². The van der Waals surface area contributed by atoms with Crippen LogP contribution >= 0.6 is 11.8 Å². The molecule has 6 heteroatoms. The molecule has 0 saturated heterocycles. The van der Waals surface area contributed by atoms with Gasteiger partial charge in [0.15, 0.2) is 5.78 Å². The van der Waals surface area contributed by atoms with Gasteiger partial charge in [-0.3, -0.25) is 4.79 Å². The van der Waals surface area contributed by atoms with E-state index in [4.69, 9.17) is 8.83 Å². The lowest BCUT2D eigenvalue weighted by molar-refractivity contribution is 0.102. The highest BCUT2D eigenvalue weighted by Gasteiger charge is 2.15. The number of Topliss-reactive ketones (excluding diaryl/α,β-unsaturated/α-hetero) is 1. The molecule has 0 fully saturated rings. The molecular weight excluding hydrogens is 324 g/mol. The van der Waals surface area contributed by atoms with E-state index in [1.807, 2.05) is 31.2 Å². The zero-order chi connectivity index (χ0) is 16.9. The number of aromatic nitrogens is 2. The Morgan fingerprint density at radius 3 is 2.62 bits per heavy atom.